The van der Waals surface area contributed by atoms with Crippen LogP contribution in [0.15, 0.2) is 36.7 Å². The van der Waals surface area contributed by atoms with Gasteiger partial charge in [-0.2, -0.15) is 5.10 Å². The zero-order valence-electron chi connectivity index (χ0n) is 10.0. The minimum atomic E-state index is -0.946. The number of benzene rings is 1. The van der Waals surface area contributed by atoms with Crippen molar-refractivity contribution in [1.29, 1.82) is 0 Å². The smallest absolute Gasteiger partial charge is 0.336 e. The summed E-state index contributed by atoms with van der Waals surface area (Å²) in [6.07, 6.45) is 3.40. The van der Waals surface area contributed by atoms with Gasteiger partial charge < -0.3 is 9.84 Å². The van der Waals surface area contributed by atoms with E-state index >= 15 is 0 Å². The summed E-state index contributed by atoms with van der Waals surface area (Å²) in [6, 6.07) is 6.80. The van der Waals surface area contributed by atoms with E-state index in [-0.39, 0.29) is 12.2 Å². The van der Waals surface area contributed by atoms with Gasteiger partial charge in [-0.05, 0) is 13.0 Å². The Morgan fingerprint density at radius 3 is 2.89 bits per heavy atom. The zero-order valence-corrected chi connectivity index (χ0v) is 10.0. The van der Waals surface area contributed by atoms with E-state index < -0.39 is 5.97 Å². The van der Waals surface area contributed by atoms with Crippen LogP contribution in [0.5, 0.6) is 5.75 Å². The van der Waals surface area contributed by atoms with Gasteiger partial charge in [0, 0.05) is 12.1 Å². The molecule has 5 heteroatoms. The number of rotatable bonds is 5. The lowest BCUT2D eigenvalue weighted by atomic mass is 10.1. The molecule has 1 aromatic heterocycles. The number of hydrogen-bond acceptors (Lipinski definition) is 3. The van der Waals surface area contributed by atoms with Crippen LogP contribution in [0, 0.1) is 0 Å². The van der Waals surface area contributed by atoms with Crippen LogP contribution in [0.25, 0.3) is 0 Å². The van der Waals surface area contributed by atoms with E-state index in [1.165, 1.54) is 0 Å². The molecular weight excluding hydrogens is 232 g/mol. The molecule has 94 valence electrons. The third-order valence-electron chi connectivity index (χ3n) is 2.58. The van der Waals surface area contributed by atoms with Gasteiger partial charge in [0.2, 0.25) is 0 Å². The van der Waals surface area contributed by atoms with Crippen molar-refractivity contribution in [3.05, 3.63) is 47.8 Å². The van der Waals surface area contributed by atoms with Crippen molar-refractivity contribution in [2.75, 3.05) is 0 Å². The number of hydrogen-bond donors (Lipinski definition) is 1. The van der Waals surface area contributed by atoms with Gasteiger partial charge in [-0.1, -0.05) is 18.2 Å². The summed E-state index contributed by atoms with van der Waals surface area (Å²) in [5.74, 6) is -0.310. The highest BCUT2D eigenvalue weighted by Crippen LogP contribution is 2.14. The lowest BCUT2D eigenvalue weighted by Gasteiger charge is -2.06. The zero-order chi connectivity index (χ0) is 13.0. The molecule has 0 unspecified atom stereocenters. The summed E-state index contributed by atoms with van der Waals surface area (Å²) >= 11 is 0. The first-order valence-corrected chi connectivity index (χ1v) is 5.67. The largest absolute Gasteiger partial charge is 0.486 e. The van der Waals surface area contributed by atoms with Gasteiger partial charge in [-0.25, -0.2) is 4.79 Å². The number of nitrogens with zero attached hydrogens (tertiary/aromatic N) is 2. The Labute approximate surface area is 105 Å². The second-order valence-corrected chi connectivity index (χ2v) is 3.78. The van der Waals surface area contributed by atoms with Crippen LogP contribution in [0.3, 0.4) is 0 Å². The van der Waals surface area contributed by atoms with Gasteiger partial charge in [-0.15, -0.1) is 0 Å². The monoisotopic (exact) mass is 246 g/mol. The first-order chi connectivity index (χ1) is 8.70. The van der Waals surface area contributed by atoms with E-state index in [0.29, 0.717) is 11.3 Å². The summed E-state index contributed by atoms with van der Waals surface area (Å²) < 4.78 is 7.27. The van der Waals surface area contributed by atoms with Gasteiger partial charge >= 0.3 is 5.97 Å². The molecule has 0 aliphatic rings. The van der Waals surface area contributed by atoms with E-state index in [1.807, 2.05) is 6.92 Å². The molecule has 2 rings (SSSR count). The van der Waals surface area contributed by atoms with Crippen molar-refractivity contribution in [1.82, 2.24) is 9.78 Å². The highest BCUT2D eigenvalue weighted by Gasteiger charge is 2.09. The van der Waals surface area contributed by atoms with Gasteiger partial charge in [-0.3, -0.25) is 4.68 Å². The molecule has 1 aromatic carbocycles. The number of aromatic carboxylic acids is 1. The standard InChI is InChI=1S/C13H14N2O3/c1-2-15-8-11(7-14-15)18-9-10-5-3-4-6-12(10)13(16)17/h3-8H,2,9H2,1H3,(H,16,17). The molecule has 5 nitrogen and oxygen atoms in total. The molecule has 1 N–H and O–H groups in total. The topological polar surface area (TPSA) is 64.3 Å². The van der Waals surface area contributed by atoms with Crippen LogP contribution in [0.1, 0.15) is 22.8 Å². The minimum Gasteiger partial charge on any atom is -0.486 e. The normalized spacial score (nSPS) is 10.3. The van der Waals surface area contributed by atoms with Crippen molar-refractivity contribution in [2.24, 2.45) is 0 Å². The molecule has 0 radical (unpaired) electrons. The van der Waals surface area contributed by atoms with E-state index in [1.54, 1.807) is 41.3 Å². The van der Waals surface area contributed by atoms with Gasteiger partial charge in [0.05, 0.1) is 18.0 Å². The Bertz CT molecular complexity index is 549. The van der Waals surface area contributed by atoms with Gasteiger partial charge in [0.1, 0.15) is 6.61 Å². The maximum absolute atomic E-state index is 11.0. The third-order valence-corrected chi connectivity index (χ3v) is 2.58. The molecule has 0 atom stereocenters. The number of carboxylic acids is 1. The van der Waals surface area contributed by atoms with Crippen molar-refractivity contribution in [3.63, 3.8) is 0 Å². The van der Waals surface area contributed by atoms with E-state index in [9.17, 15) is 4.79 Å². The van der Waals surface area contributed by atoms with Crippen LogP contribution in [0.4, 0.5) is 0 Å². The molecular formula is C13H14N2O3. The summed E-state index contributed by atoms with van der Waals surface area (Å²) in [4.78, 5) is 11.0. The molecule has 1 heterocycles. The van der Waals surface area contributed by atoms with Crippen molar-refractivity contribution < 1.29 is 14.6 Å². The highest BCUT2D eigenvalue weighted by atomic mass is 16.5. The van der Waals surface area contributed by atoms with Crippen LogP contribution in [-0.4, -0.2) is 20.9 Å². The molecule has 0 bridgehead atoms. The van der Waals surface area contributed by atoms with Crippen molar-refractivity contribution in [2.45, 2.75) is 20.1 Å². The maximum atomic E-state index is 11.0. The van der Waals surface area contributed by atoms with Crippen molar-refractivity contribution >= 4 is 5.97 Å². The lowest BCUT2D eigenvalue weighted by molar-refractivity contribution is 0.0694. The molecule has 18 heavy (non-hydrogen) atoms. The molecule has 0 spiro atoms. The number of carbonyl (C=O) groups is 1. The number of carboxylic acid groups (broad SMARTS) is 1. The fourth-order valence-electron chi connectivity index (χ4n) is 1.61. The molecule has 0 saturated carbocycles. The first-order valence-electron chi connectivity index (χ1n) is 5.67. The van der Waals surface area contributed by atoms with E-state index in [0.717, 1.165) is 6.54 Å². The highest BCUT2D eigenvalue weighted by molar-refractivity contribution is 5.89. The van der Waals surface area contributed by atoms with E-state index in [4.69, 9.17) is 9.84 Å². The maximum Gasteiger partial charge on any atom is 0.336 e. The quantitative estimate of drug-likeness (QED) is 0.878. The molecule has 0 saturated heterocycles. The predicted octanol–water partition coefficient (Wildman–Crippen LogP) is 2.18. The average molecular weight is 246 g/mol. The summed E-state index contributed by atoms with van der Waals surface area (Å²) in [6.45, 7) is 2.98. The number of aromatic nitrogens is 2. The fourth-order valence-corrected chi connectivity index (χ4v) is 1.61. The third kappa shape index (κ3) is 2.68. The minimum absolute atomic E-state index is 0.220. The van der Waals surface area contributed by atoms with Gasteiger partial charge in [0.25, 0.3) is 0 Å². The summed E-state index contributed by atoms with van der Waals surface area (Å²) in [5, 5.41) is 13.1. The molecule has 0 fully saturated rings. The molecule has 0 aliphatic carbocycles. The predicted molar refractivity (Wildman–Crippen MR) is 65.6 cm³/mol. The van der Waals surface area contributed by atoms with Crippen molar-refractivity contribution in [3.8, 4) is 5.75 Å². The van der Waals surface area contributed by atoms with Crippen LogP contribution < -0.4 is 4.74 Å². The first kappa shape index (κ1) is 12.2. The summed E-state index contributed by atoms with van der Waals surface area (Å²) in [5.41, 5.74) is 0.912. The van der Waals surface area contributed by atoms with Crippen LogP contribution in [-0.2, 0) is 13.2 Å². The Hall–Kier alpha value is -2.30. The number of ether oxygens (including phenoxy) is 1. The Morgan fingerprint density at radius 2 is 2.22 bits per heavy atom. The second kappa shape index (κ2) is 5.35. The molecule has 0 aliphatic heterocycles. The fraction of sp³-hybridized carbons (Fsp3) is 0.231. The Balaban J connectivity index is 2.08. The summed E-state index contributed by atoms with van der Waals surface area (Å²) in [7, 11) is 0. The lowest BCUT2D eigenvalue weighted by Crippen LogP contribution is -2.05. The Morgan fingerprint density at radius 1 is 1.44 bits per heavy atom. The average Bonchev–Trinajstić information content (AvgIpc) is 2.84. The SMILES string of the molecule is CCn1cc(OCc2ccccc2C(=O)O)cn1. The van der Waals surface area contributed by atoms with Gasteiger partial charge in [0.15, 0.2) is 5.75 Å². The van der Waals surface area contributed by atoms with Crippen LogP contribution >= 0.6 is 0 Å². The molecule has 0 amide bonds. The number of aryl methyl sites for hydroxylation is 1. The Kier molecular flexibility index (Phi) is 3.62. The molecule has 2 aromatic rings. The second-order valence-electron chi connectivity index (χ2n) is 3.78. The van der Waals surface area contributed by atoms with Crippen LogP contribution in [0.2, 0.25) is 0 Å². The van der Waals surface area contributed by atoms with E-state index in [2.05, 4.69) is 5.10 Å².